The van der Waals surface area contributed by atoms with Crippen molar-refractivity contribution in [3.05, 3.63) is 93.0 Å². The van der Waals surface area contributed by atoms with Crippen molar-refractivity contribution in [3.63, 3.8) is 0 Å². The lowest BCUT2D eigenvalue weighted by Gasteiger charge is -2.15. The quantitative estimate of drug-likeness (QED) is 0.182. The molecule has 0 saturated carbocycles. The summed E-state index contributed by atoms with van der Waals surface area (Å²) in [5, 5.41) is 11.8. The number of nitrogens with zero attached hydrogens (tertiary/aromatic N) is 1. The molecule has 8 heteroatoms. The summed E-state index contributed by atoms with van der Waals surface area (Å²) in [6, 6.07) is 16.7. The fraction of sp³-hybridized carbons (Fsp3) is 0.192. The molecule has 1 amide bonds. The lowest BCUT2D eigenvalue weighted by Crippen LogP contribution is -2.17. The van der Waals surface area contributed by atoms with Crippen LogP contribution in [0.1, 0.15) is 39.3 Å². The van der Waals surface area contributed by atoms with E-state index in [-0.39, 0.29) is 25.2 Å². The smallest absolute Gasteiger partial charge is 0.256 e. The third kappa shape index (κ3) is 5.76. The number of rotatable bonds is 7. The maximum atomic E-state index is 13.1. The predicted octanol–water partition coefficient (Wildman–Crippen LogP) is 5.96. The summed E-state index contributed by atoms with van der Waals surface area (Å²) in [5.41, 5.74) is 2.50. The van der Waals surface area contributed by atoms with Gasteiger partial charge in [0, 0.05) is 57.5 Å². The monoisotopic (exact) mass is 497 g/mol. The number of hydrogen-bond donors (Lipinski definition) is 2. The van der Waals surface area contributed by atoms with E-state index in [0.717, 1.165) is 18.7 Å². The van der Waals surface area contributed by atoms with Crippen LogP contribution in [0.3, 0.4) is 0 Å². The maximum absolute atomic E-state index is 13.1. The number of ketones is 1. The molecule has 0 aliphatic carbocycles. The number of anilines is 1. The number of ether oxygens (including phenoxy) is 1. The number of benzene rings is 3. The number of amides is 1. The molecule has 2 N–H and O–H groups in total. The van der Waals surface area contributed by atoms with Gasteiger partial charge in [-0.25, -0.2) is 0 Å². The first kappa shape index (κ1) is 25.3. The van der Waals surface area contributed by atoms with Gasteiger partial charge in [0.2, 0.25) is 0 Å². The first-order chi connectivity index (χ1) is 15.9. The van der Waals surface area contributed by atoms with Gasteiger partial charge in [-0.1, -0.05) is 54.9 Å². The molecule has 1 saturated heterocycles. The number of carbonyl (C=O) groups excluding carboxylic acids is 2. The van der Waals surface area contributed by atoms with Gasteiger partial charge in [0.25, 0.3) is 5.91 Å². The Morgan fingerprint density at radius 2 is 1.59 bits per heavy atom. The Balaban J connectivity index is 0.00000324. The molecule has 0 aromatic heterocycles. The molecule has 6 nitrogen and oxygen atoms in total. The molecular weight excluding hydrogens is 473 g/mol. The zero-order chi connectivity index (χ0) is 23.5. The predicted molar refractivity (Wildman–Crippen MR) is 137 cm³/mol. The zero-order valence-corrected chi connectivity index (χ0v) is 19.3. The summed E-state index contributed by atoms with van der Waals surface area (Å²) < 4.78 is 5.44. The van der Waals surface area contributed by atoms with Crippen LogP contribution in [0.2, 0.25) is 10.0 Å². The second-order valence-corrected chi connectivity index (χ2v) is 8.48. The van der Waals surface area contributed by atoms with Crippen LogP contribution >= 0.6 is 23.2 Å². The second-order valence-electron chi connectivity index (χ2n) is 7.61. The Labute approximate surface area is 209 Å². The molecule has 176 valence electrons. The fourth-order valence-electron chi connectivity index (χ4n) is 3.44. The van der Waals surface area contributed by atoms with Crippen molar-refractivity contribution < 1.29 is 14.3 Å². The molecule has 3 aromatic rings. The number of halogens is 2. The van der Waals surface area contributed by atoms with Crippen molar-refractivity contribution in [1.82, 2.24) is 4.90 Å². The summed E-state index contributed by atoms with van der Waals surface area (Å²) in [4.78, 5) is 28.0. The lowest BCUT2D eigenvalue weighted by atomic mass is 9.96. The van der Waals surface area contributed by atoms with Crippen LogP contribution in [0, 0.1) is 5.41 Å². The minimum atomic E-state index is -0.414. The lowest BCUT2D eigenvalue weighted by molar-refractivity contribution is 0.0991. The molecule has 0 bridgehead atoms. The van der Waals surface area contributed by atoms with E-state index in [1.807, 2.05) is 4.90 Å². The number of hydrogen-bond acceptors (Lipinski definition) is 4. The Kier molecular flexibility index (Phi) is 7.97. The Bertz CT molecular complexity index is 1220. The van der Waals surface area contributed by atoms with E-state index < -0.39 is 5.91 Å². The highest BCUT2D eigenvalue weighted by molar-refractivity contribution is 6.31. The highest BCUT2D eigenvalue weighted by Crippen LogP contribution is 2.30. The minimum absolute atomic E-state index is 0. The minimum Gasteiger partial charge on any atom is -0.496 e. The average Bonchev–Trinajstić information content (AvgIpc) is 3.66. The highest BCUT2D eigenvalue weighted by Gasteiger charge is 2.23. The molecule has 1 fully saturated rings. The summed E-state index contributed by atoms with van der Waals surface area (Å²) in [6.07, 6.45) is -0.0490. The molecule has 0 atom stereocenters. The van der Waals surface area contributed by atoms with Crippen LogP contribution in [0.4, 0.5) is 5.69 Å². The summed E-state index contributed by atoms with van der Waals surface area (Å²) in [7, 11) is 1.47. The van der Waals surface area contributed by atoms with Crippen molar-refractivity contribution in [3.8, 4) is 5.75 Å². The molecule has 34 heavy (non-hydrogen) atoms. The average molecular weight is 498 g/mol. The van der Waals surface area contributed by atoms with Crippen LogP contribution in [-0.2, 0) is 6.42 Å². The van der Waals surface area contributed by atoms with Gasteiger partial charge in [0.1, 0.15) is 11.6 Å². The Hall–Kier alpha value is -3.35. The number of methoxy groups -OCH3 is 1. The van der Waals surface area contributed by atoms with Crippen molar-refractivity contribution in [1.29, 1.82) is 5.41 Å². The molecule has 1 aliphatic rings. The second kappa shape index (κ2) is 10.7. The van der Waals surface area contributed by atoms with Gasteiger partial charge in [0.05, 0.1) is 7.11 Å². The van der Waals surface area contributed by atoms with Gasteiger partial charge in [-0.05, 0) is 36.4 Å². The van der Waals surface area contributed by atoms with Gasteiger partial charge < -0.3 is 15.0 Å². The van der Waals surface area contributed by atoms with Crippen LogP contribution in [-0.4, -0.2) is 42.6 Å². The van der Waals surface area contributed by atoms with Gasteiger partial charge in [-0.15, -0.1) is 0 Å². The molecule has 0 spiro atoms. The fourth-order valence-corrected chi connectivity index (χ4v) is 3.78. The molecule has 3 aromatic carbocycles. The van der Waals surface area contributed by atoms with E-state index in [2.05, 4.69) is 5.32 Å². The standard InChI is InChI=1S/C25H21Cl2N3O3.CH4/c1-33-23-13-18(27)12-21(25(32)29-19-8-6-17(26)7-9-19)20(23)14-22(31)15-2-4-16(5-3-15)24(28)30-10-11-30;/h2-9,12-13,28H,10-11,14H2,1H3,(H,29,32);1H4. The van der Waals surface area contributed by atoms with E-state index in [4.69, 9.17) is 33.3 Å². The molecular formula is C26H25Cl2N3O3. The van der Waals surface area contributed by atoms with Crippen LogP contribution in [0.5, 0.6) is 5.75 Å². The van der Waals surface area contributed by atoms with Crippen LogP contribution in [0.15, 0.2) is 60.7 Å². The van der Waals surface area contributed by atoms with Gasteiger partial charge >= 0.3 is 0 Å². The van der Waals surface area contributed by atoms with E-state index in [0.29, 0.717) is 38.4 Å². The van der Waals surface area contributed by atoms with E-state index in [9.17, 15) is 9.59 Å². The Morgan fingerprint density at radius 3 is 2.18 bits per heavy atom. The van der Waals surface area contributed by atoms with Crippen molar-refractivity contribution in [2.75, 3.05) is 25.5 Å². The number of amidine groups is 1. The largest absolute Gasteiger partial charge is 0.496 e. The molecule has 4 rings (SSSR count). The SMILES string of the molecule is C.COc1cc(Cl)cc(C(=O)Nc2ccc(Cl)cc2)c1CC(=O)c1ccc(C(=N)N2CC2)cc1. The normalized spacial score (nSPS) is 11.9. The van der Waals surface area contributed by atoms with Crippen molar-refractivity contribution in [2.45, 2.75) is 13.8 Å². The van der Waals surface area contributed by atoms with Crippen LogP contribution in [0.25, 0.3) is 0 Å². The Morgan fingerprint density at radius 1 is 0.971 bits per heavy atom. The topological polar surface area (TPSA) is 82.3 Å². The van der Waals surface area contributed by atoms with Crippen LogP contribution < -0.4 is 10.1 Å². The molecule has 0 radical (unpaired) electrons. The summed E-state index contributed by atoms with van der Waals surface area (Å²) in [6.45, 7) is 1.77. The first-order valence-electron chi connectivity index (χ1n) is 10.3. The van der Waals surface area contributed by atoms with Gasteiger partial charge in [0.15, 0.2) is 5.78 Å². The van der Waals surface area contributed by atoms with E-state index in [1.165, 1.54) is 13.2 Å². The maximum Gasteiger partial charge on any atom is 0.256 e. The van der Waals surface area contributed by atoms with Gasteiger partial charge in [-0.3, -0.25) is 15.0 Å². The van der Waals surface area contributed by atoms with Crippen molar-refractivity contribution in [2.24, 2.45) is 0 Å². The van der Waals surface area contributed by atoms with E-state index in [1.54, 1.807) is 54.6 Å². The summed E-state index contributed by atoms with van der Waals surface area (Å²) in [5.74, 6) is 0.218. The highest BCUT2D eigenvalue weighted by atomic mass is 35.5. The third-order valence-electron chi connectivity index (χ3n) is 5.32. The van der Waals surface area contributed by atoms with Crippen molar-refractivity contribution >= 4 is 46.4 Å². The number of carbonyl (C=O) groups is 2. The summed E-state index contributed by atoms with van der Waals surface area (Å²) >= 11 is 12.1. The van der Waals surface area contributed by atoms with Gasteiger partial charge in [-0.2, -0.15) is 0 Å². The molecule has 1 heterocycles. The third-order valence-corrected chi connectivity index (χ3v) is 5.79. The number of nitrogens with one attached hydrogen (secondary N) is 2. The zero-order valence-electron chi connectivity index (χ0n) is 17.8. The first-order valence-corrected chi connectivity index (χ1v) is 11.0. The van der Waals surface area contributed by atoms with E-state index >= 15 is 0 Å². The molecule has 1 aliphatic heterocycles. The molecule has 0 unspecified atom stereocenters. The number of Topliss-reactive ketones (excluding diaryl/α,β-unsaturated/α-hetero) is 1.